The fourth-order valence-corrected chi connectivity index (χ4v) is 1.68. The van der Waals surface area contributed by atoms with Crippen LogP contribution in [0.15, 0.2) is 42.6 Å². The molecule has 0 bridgehead atoms. The monoisotopic (exact) mass is 253 g/mol. The number of halogens is 3. The molecule has 0 saturated carbocycles. The van der Waals surface area contributed by atoms with E-state index >= 15 is 0 Å². The van der Waals surface area contributed by atoms with Crippen LogP contribution in [0.5, 0.6) is 0 Å². The Bertz CT molecular complexity index is 584. The van der Waals surface area contributed by atoms with Crippen molar-refractivity contribution in [3.63, 3.8) is 0 Å². The first-order chi connectivity index (χ1) is 8.39. The van der Waals surface area contributed by atoms with Crippen molar-refractivity contribution >= 4 is 5.78 Å². The second-order valence-electron chi connectivity index (χ2n) is 3.91. The van der Waals surface area contributed by atoms with Crippen molar-refractivity contribution in [1.29, 1.82) is 0 Å². The van der Waals surface area contributed by atoms with Gasteiger partial charge in [-0.25, -0.2) is 0 Å². The van der Waals surface area contributed by atoms with E-state index in [2.05, 4.69) is 0 Å². The highest BCUT2D eigenvalue weighted by molar-refractivity contribution is 6.08. The van der Waals surface area contributed by atoms with Crippen LogP contribution >= 0.6 is 0 Å². The molecule has 0 fully saturated rings. The largest absolute Gasteiger partial charge is 0.416 e. The maximum atomic E-state index is 12.5. The van der Waals surface area contributed by atoms with E-state index in [9.17, 15) is 18.0 Å². The quantitative estimate of drug-likeness (QED) is 0.753. The maximum absolute atomic E-state index is 12.5. The minimum atomic E-state index is -4.44. The molecule has 2 nitrogen and oxygen atoms in total. The van der Waals surface area contributed by atoms with E-state index in [1.54, 1.807) is 29.9 Å². The second-order valence-corrected chi connectivity index (χ2v) is 3.91. The lowest BCUT2D eigenvalue weighted by molar-refractivity contribution is -0.137. The summed E-state index contributed by atoms with van der Waals surface area (Å²) >= 11 is 0. The van der Waals surface area contributed by atoms with Crippen molar-refractivity contribution in [1.82, 2.24) is 4.57 Å². The zero-order valence-electron chi connectivity index (χ0n) is 9.53. The van der Waals surface area contributed by atoms with Crippen molar-refractivity contribution in [2.24, 2.45) is 7.05 Å². The van der Waals surface area contributed by atoms with Gasteiger partial charge >= 0.3 is 6.18 Å². The molecule has 0 aliphatic heterocycles. The van der Waals surface area contributed by atoms with Crippen LogP contribution in [0.25, 0.3) is 0 Å². The van der Waals surface area contributed by atoms with Crippen molar-refractivity contribution in [2.75, 3.05) is 0 Å². The molecule has 94 valence electrons. The van der Waals surface area contributed by atoms with Gasteiger partial charge in [0.2, 0.25) is 5.78 Å². The first-order valence-corrected chi connectivity index (χ1v) is 5.23. The van der Waals surface area contributed by atoms with Gasteiger partial charge in [-0.2, -0.15) is 13.2 Å². The summed E-state index contributed by atoms with van der Waals surface area (Å²) in [6.45, 7) is 0. The number of aromatic nitrogens is 1. The van der Waals surface area contributed by atoms with Crippen molar-refractivity contribution in [3.05, 3.63) is 59.4 Å². The molecule has 0 aliphatic rings. The summed E-state index contributed by atoms with van der Waals surface area (Å²) in [5.74, 6) is -0.423. The van der Waals surface area contributed by atoms with Gasteiger partial charge in [0.15, 0.2) is 0 Å². The van der Waals surface area contributed by atoms with Gasteiger partial charge in [0, 0.05) is 18.8 Å². The number of carbonyl (C=O) groups excluding carboxylic acids is 1. The summed E-state index contributed by atoms with van der Waals surface area (Å²) in [7, 11) is 1.67. The van der Waals surface area contributed by atoms with Gasteiger partial charge in [-0.3, -0.25) is 4.79 Å². The Labute approximate surface area is 102 Å². The lowest BCUT2D eigenvalue weighted by Crippen LogP contribution is -2.10. The van der Waals surface area contributed by atoms with E-state index in [0.717, 1.165) is 12.1 Å². The highest BCUT2D eigenvalue weighted by Crippen LogP contribution is 2.29. The molecule has 0 amide bonds. The molecule has 18 heavy (non-hydrogen) atoms. The topological polar surface area (TPSA) is 22.0 Å². The molecule has 0 aliphatic carbocycles. The summed E-state index contributed by atoms with van der Waals surface area (Å²) in [6, 6.07) is 7.67. The van der Waals surface area contributed by atoms with Gasteiger partial charge in [0.1, 0.15) is 0 Å². The summed E-state index contributed by atoms with van der Waals surface area (Å²) in [6.07, 6.45) is -2.77. The van der Waals surface area contributed by atoms with Crippen molar-refractivity contribution in [2.45, 2.75) is 6.18 Å². The number of nitrogens with zero attached hydrogens (tertiary/aromatic N) is 1. The summed E-state index contributed by atoms with van der Waals surface area (Å²) in [5, 5.41) is 0. The smallest absolute Gasteiger partial charge is 0.348 e. The zero-order valence-corrected chi connectivity index (χ0v) is 9.53. The van der Waals surface area contributed by atoms with Crippen LogP contribution in [-0.4, -0.2) is 10.4 Å². The molecule has 0 saturated heterocycles. The van der Waals surface area contributed by atoms with E-state index in [1.165, 1.54) is 12.1 Å². The molecule has 0 atom stereocenters. The lowest BCUT2D eigenvalue weighted by Gasteiger charge is -2.08. The van der Waals surface area contributed by atoms with Gasteiger partial charge in [-0.15, -0.1) is 0 Å². The van der Waals surface area contributed by atoms with E-state index in [0.29, 0.717) is 5.69 Å². The van der Waals surface area contributed by atoms with Gasteiger partial charge in [0.25, 0.3) is 0 Å². The van der Waals surface area contributed by atoms with Gasteiger partial charge in [0.05, 0.1) is 11.3 Å². The second kappa shape index (κ2) is 4.33. The molecular weight excluding hydrogens is 243 g/mol. The molecule has 5 heteroatoms. The Morgan fingerprint density at radius 1 is 1.17 bits per heavy atom. The third-order valence-corrected chi connectivity index (χ3v) is 2.63. The van der Waals surface area contributed by atoms with E-state index in [4.69, 9.17) is 0 Å². The Morgan fingerprint density at radius 3 is 2.44 bits per heavy atom. The van der Waals surface area contributed by atoms with E-state index in [1.807, 2.05) is 0 Å². The highest BCUT2D eigenvalue weighted by Gasteiger charge is 2.31. The Kier molecular flexibility index (Phi) is 2.98. The predicted molar refractivity (Wildman–Crippen MR) is 60.3 cm³/mol. The minimum Gasteiger partial charge on any atom is -0.348 e. The molecule has 0 N–H and O–H groups in total. The standard InChI is InChI=1S/C13H10F3NO/c1-17-7-3-6-11(17)12(18)9-4-2-5-10(8-9)13(14,15)16/h2-8H,1H3. The van der Waals surface area contributed by atoms with Gasteiger partial charge in [-0.05, 0) is 24.3 Å². The normalized spacial score (nSPS) is 11.6. The van der Waals surface area contributed by atoms with Crippen LogP contribution in [0.3, 0.4) is 0 Å². The van der Waals surface area contributed by atoms with Crippen LogP contribution in [0, 0.1) is 0 Å². The van der Waals surface area contributed by atoms with Crippen LogP contribution in [-0.2, 0) is 13.2 Å². The van der Waals surface area contributed by atoms with Crippen LogP contribution < -0.4 is 0 Å². The van der Waals surface area contributed by atoms with E-state index in [-0.39, 0.29) is 5.56 Å². The summed E-state index contributed by atoms with van der Waals surface area (Å²) in [4.78, 5) is 12.0. The summed E-state index contributed by atoms with van der Waals surface area (Å²) in [5.41, 5.74) is -0.427. The van der Waals surface area contributed by atoms with Gasteiger partial charge < -0.3 is 4.57 Å². The summed E-state index contributed by atoms with van der Waals surface area (Å²) < 4.78 is 39.2. The molecule has 0 radical (unpaired) electrons. The van der Waals surface area contributed by atoms with Crippen LogP contribution in [0.4, 0.5) is 13.2 Å². The number of benzene rings is 1. The molecule has 1 aromatic carbocycles. The van der Waals surface area contributed by atoms with E-state index < -0.39 is 17.5 Å². The highest BCUT2D eigenvalue weighted by atomic mass is 19.4. The predicted octanol–water partition coefficient (Wildman–Crippen LogP) is 3.27. The van der Waals surface area contributed by atoms with Crippen molar-refractivity contribution in [3.8, 4) is 0 Å². The number of hydrogen-bond acceptors (Lipinski definition) is 1. The molecule has 2 aromatic rings. The average Bonchev–Trinajstić information content (AvgIpc) is 2.73. The fourth-order valence-electron chi connectivity index (χ4n) is 1.68. The van der Waals surface area contributed by atoms with Crippen LogP contribution in [0.2, 0.25) is 0 Å². The molecular formula is C13H10F3NO. The Morgan fingerprint density at radius 2 is 1.89 bits per heavy atom. The number of carbonyl (C=O) groups is 1. The Balaban J connectivity index is 2.41. The first-order valence-electron chi connectivity index (χ1n) is 5.23. The number of alkyl halides is 3. The van der Waals surface area contributed by atoms with Gasteiger partial charge in [-0.1, -0.05) is 12.1 Å². The first kappa shape index (κ1) is 12.4. The number of aryl methyl sites for hydroxylation is 1. The molecule has 1 heterocycles. The number of ketones is 1. The third kappa shape index (κ3) is 2.30. The zero-order chi connectivity index (χ0) is 13.3. The average molecular weight is 253 g/mol. The minimum absolute atomic E-state index is 0.0339. The SMILES string of the molecule is Cn1cccc1C(=O)c1cccc(C(F)(F)F)c1. The third-order valence-electron chi connectivity index (χ3n) is 2.63. The number of rotatable bonds is 2. The Hall–Kier alpha value is -2.04. The molecule has 2 rings (SSSR count). The maximum Gasteiger partial charge on any atom is 0.416 e. The van der Waals surface area contributed by atoms with Crippen LogP contribution in [0.1, 0.15) is 21.6 Å². The lowest BCUT2D eigenvalue weighted by atomic mass is 10.0. The van der Waals surface area contributed by atoms with Crippen molar-refractivity contribution < 1.29 is 18.0 Å². The molecule has 0 spiro atoms. The molecule has 0 unspecified atom stereocenters. The molecule has 1 aromatic heterocycles. The fraction of sp³-hybridized carbons (Fsp3) is 0.154. The number of hydrogen-bond donors (Lipinski definition) is 0.